The van der Waals surface area contributed by atoms with Crippen molar-refractivity contribution in [3.63, 3.8) is 0 Å². The average molecular weight is 428 g/mol. The molecule has 0 bridgehead atoms. The van der Waals surface area contributed by atoms with Gasteiger partial charge in [-0.2, -0.15) is 0 Å². The number of imidazole rings is 1. The molecule has 1 amide bonds. The smallest absolute Gasteiger partial charge is 0.262 e. The number of aliphatic hydroxyl groups is 1. The van der Waals surface area contributed by atoms with Crippen LogP contribution in [0.5, 0.6) is 5.75 Å². The van der Waals surface area contributed by atoms with Crippen molar-refractivity contribution in [2.45, 2.75) is 19.6 Å². The van der Waals surface area contributed by atoms with Gasteiger partial charge < -0.3 is 15.6 Å². The number of pyridine rings is 1. The Bertz CT molecular complexity index is 1200. The molecular weight excluding hydrogens is 410 g/mol. The third kappa shape index (κ3) is 3.72. The second-order valence-corrected chi connectivity index (χ2v) is 7.98. The Morgan fingerprint density at radius 3 is 2.86 bits per heavy atom. The summed E-state index contributed by atoms with van der Waals surface area (Å²) in [5, 5.41) is 10.0. The number of hydrogen-bond donors (Lipinski definition) is 2. The maximum atomic E-state index is 12.0. The summed E-state index contributed by atoms with van der Waals surface area (Å²) in [7, 11) is 0. The predicted molar refractivity (Wildman–Crippen MR) is 113 cm³/mol. The van der Waals surface area contributed by atoms with Gasteiger partial charge in [-0.25, -0.2) is 4.98 Å². The highest BCUT2D eigenvalue weighted by molar-refractivity contribution is 7.17. The number of ether oxygens (including phenoxy) is 1. The molecule has 0 aliphatic heterocycles. The minimum atomic E-state index is -0.563. The second kappa shape index (κ2) is 7.87. The summed E-state index contributed by atoms with van der Waals surface area (Å²) < 4.78 is 7.93. The summed E-state index contributed by atoms with van der Waals surface area (Å²) in [6, 6.07) is 12.8. The molecule has 1 atom stereocenters. The summed E-state index contributed by atoms with van der Waals surface area (Å²) in [6.45, 7) is 1.79. The summed E-state index contributed by atoms with van der Waals surface area (Å²) in [4.78, 5) is 17.5. The van der Waals surface area contributed by atoms with Crippen molar-refractivity contribution >= 4 is 34.5 Å². The number of nitrogens with two attached hydrogens (primary N) is 1. The first-order valence-electron chi connectivity index (χ1n) is 8.90. The normalized spacial score (nSPS) is 12.2. The zero-order chi connectivity index (χ0) is 20.5. The van der Waals surface area contributed by atoms with Gasteiger partial charge in [0.1, 0.15) is 22.4 Å². The zero-order valence-corrected chi connectivity index (χ0v) is 17.1. The third-order valence-corrected chi connectivity index (χ3v) is 6.07. The van der Waals surface area contributed by atoms with E-state index in [0.29, 0.717) is 15.6 Å². The topological polar surface area (TPSA) is 89.8 Å². The molecule has 8 heteroatoms. The van der Waals surface area contributed by atoms with E-state index in [0.717, 1.165) is 27.3 Å². The fourth-order valence-electron chi connectivity index (χ4n) is 3.12. The fourth-order valence-corrected chi connectivity index (χ4v) is 4.36. The van der Waals surface area contributed by atoms with Crippen LogP contribution in [-0.4, -0.2) is 20.4 Å². The van der Waals surface area contributed by atoms with Crippen molar-refractivity contribution in [2.24, 2.45) is 5.73 Å². The number of benzene rings is 1. The van der Waals surface area contributed by atoms with Gasteiger partial charge in [0, 0.05) is 22.8 Å². The van der Waals surface area contributed by atoms with E-state index in [9.17, 15) is 9.90 Å². The lowest BCUT2D eigenvalue weighted by Gasteiger charge is -2.16. The molecule has 4 rings (SSSR count). The number of carbonyl (C=O) groups excluding carboxylic acids is 1. The Kier molecular flexibility index (Phi) is 5.27. The van der Waals surface area contributed by atoms with E-state index in [1.165, 1.54) is 11.3 Å². The van der Waals surface area contributed by atoms with Crippen LogP contribution in [0.1, 0.15) is 33.8 Å². The third-order valence-electron chi connectivity index (χ3n) is 4.57. The Balaban J connectivity index is 1.74. The quantitative estimate of drug-likeness (QED) is 0.475. The molecule has 0 saturated heterocycles. The molecule has 0 unspecified atom stereocenters. The Hall–Kier alpha value is -2.87. The number of rotatable bonds is 6. The fraction of sp³-hybridized carbons (Fsp3) is 0.143. The average Bonchev–Trinajstić information content (AvgIpc) is 3.31. The van der Waals surface area contributed by atoms with Gasteiger partial charge in [0.15, 0.2) is 0 Å². The number of primary amides is 1. The van der Waals surface area contributed by atoms with Crippen molar-refractivity contribution in [3.05, 3.63) is 75.9 Å². The van der Waals surface area contributed by atoms with E-state index in [2.05, 4.69) is 4.98 Å². The number of nitrogens with zero attached hydrogens (tertiary/aromatic N) is 2. The predicted octanol–water partition coefficient (Wildman–Crippen LogP) is 4.45. The molecule has 148 valence electrons. The molecular formula is C21H18ClN3O3S. The Labute approximate surface area is 176 Å². The maximum Gasteiger partial charge on any atom is 0.262 e. The van der Waals surface area contributed by atoms with Gasteiger partial charge in [-0.05, 0) is 24.6 Å². The number of fused-ring (bicyclic) bond motifs is 1. The molecule has 3 aromatic heterocycles. The Morgan fingerprint density at radius 2 is 2.14 bits per heavy atom. The minimum Gasteiger partial charge on any atom is -0.484 e. The molecule has 0 aliphatic carbocycles. The highest BCUT2D eigenvalue weighted by Crippen LogP contribution is 2.39. The first-order chi connectivity index (χ1) is 14.0. The van der Waals surface area contributed by atoms with Crippen LogP contribution in [-0.2, 0) is 6.61 Å². The molecule has 0 fully saturated rings. The van der Waals surface area contributed by atoms with Crippen LogP contribution < -0.4 is 10.5 Å². The van der Waals surface area contributed by atoms with Crippen LogP contribution in [0.3, 0.4) is 0 Å². The zero-order valence-electron chi connectivity index (χ0n) is 15.5. The number of thiophene rings is 1. The van der Waals surface area contributed by atoms with E-state index in [1.54, 1.807) is 18.3 Å². The van der Waals surface area contributed by atoms with E-state index < -0.39 is 5.91 Å². The summed E-state index contributed by atoms with van der Waals surface area (Å²) in [6.07, 6.45) is 3.16. The first-order valence-corrected chi connectivity index (χ1v) is 10.1. The van der Waals surface area contributed by atoms with Gasteiger partial charge >= 0.3 is 0 Å². The van der Waals surface area contributed by atoms with Crippen LogP contribution in [0, 0.1) is 0 Å². The molecule has 29 heavy (non-hydrogen) atoms. The molecule has 0 saturated carbocycles. The maximum absolute atomic E-state index is 12.0. The SMILES string of the molecule is C[C@@H](Oc1cc(-c2cnc3ccc(CO)cn23)sc1C(N)=O)c1ccccc1Cl. The molecule has 4 aromatic rings. The number of carbonyl (C=O) groups is 1. The van der Waals surface area contributed by atoms with Crippen LogP contribution in [0.25, 0.3) is 16.2 Å². The second-order valence-electron chi connectivity index (χ2n) is 6.52. The van der Waals surface area contributed by atoms with Gasteiger partial charge in [0.05, 0.1) is 23.4 Å². The molecule has 1 aromatic carbocycles. The standard InChI is InChI=1S/C21H18ClN3O3S/c1-12(14-4-2-3-5-15(14)22)28-17-8-18(29-20(17)21(23)27)16-9-24-19-7-6-13(11-26)10-25(16)19/h2-10,12,26H,11H2,1H3,(H2,23,27)/t12-/m1/s1. The van der Waals surface area contributed by atoms with Crippen LogP contribution in [0.2, 0.25) is 5.02 Å². The summed E-state index contributed by atoms with van der Waals surface area (Å²) in [5.74, 6) is -0.161. The van der Waals surface area contributed by atoms with Crippen molar-refractivity contribution < 1.29 is 14.6 Å². The molecule has 3 N–H and O–H groups in total. The van der Waals surface area contributed by atoms with Gasteiger partial charge in [-0.15, -0.1) is 11.3 Å². The van der Waals surface area contributed by atoms with Crippen LogP contribution in [0.15, 0.2) is 54.9 Å². The number of aromatic nitrogens is 2. The number of aliphatic hydroxyl groups excluding tert-OH is 1. The summed E-state index contributed by atoms with van der Waals surface area (Å²) in [5.41, 5.74) is 8.68. The molecule has 0 aliphatic rings. The number of halogens is 1. The molecule has 3 heterocycles. The monoisotopic (exact) mass is 427 g/mol. The van der Waals surface area contributed by atoms with Gasteiger partial charge in [-0.3, -0.25) is 9.20 Å². The van der Waals surface area contributed by atoms with Gasteiger partial charge in [0.25, 0.3) is 5.91 Å². The molecule has 6 nitrogen and oxygen atoms in total. The van der Waals surface area contributed by atoms with Gasteiger partial charge in [0.2, 0.25) is 0 Å². The minimum absolute atomic E-state index is 0.0752. The van der Waals surface area contributed by atoms with Gasteiger partial charge in [-0.1, -0.05) is 35.9 Å². The highest BCUT2D eigenvalue weighted by atomic mass is 35.5. The lowest BCUT2D eigenvalue weighted by molar-refractivity contribution is 0.0998. The van der Waals surface area contributed by atoms with Crippen LogP contribution in [0.4, 0.5) is 0 Å². The molecule has 0 radical (unpaired) electrons. The van der Waals surface area contributed by atoms with Crippen molar-refractivity contribution in [2.75, 3.05) is 0 Å². The van der Waals surface area contributed by atoms with Crippen LogP contribution >= 0.6 is 22.9 Å². The highest BCUT2D eigenvalue weighted by Gasteiger charge is 2.21. The molecule has 0 spiro atoms. The lowest BCUT2D eigenvalue weighted by atomic mass is 10.1. The lowest BCUT2D eigenvalue weighted by Crippen LogP contribution is -2.12. The summed E-state index contributed by atoms with van der Waals surface area (Å²) >= 11 is 7.51. The van der Waals surface area contributed by atoms with E-state index in [1.807, 2.05) is 47.9 Å². The van der Waals surface area contributed by atoms with E-state index in [-0.39, 0.29) is 12.7 Å². The van der Waals surface area contributed by atoms with E-state index in [4.69, 9.17) is 22.1 Å². The number of amides is 1. The first kappa shape index (κ1) is 19.4. The van der Waals surface area contributed by atoms with Crippen molar-refractivity contribution in [1.82, 2.24) is 9.38 Å². The van der Waals surface area contributed by atoms with Crippen molar-refractivity contribution in [1.29, 1.82) is 0 Å². The number of hydrogen-bond acceptors (Lipinski definition) is 5. The van der Waals surface area contributed by atoms with Crippen molar-refractivity contribution in [3.8, 4) is 16.3 Å². The van der Waals surface area contributed by atoms with E-state index >= 15 is 0 Å². The largest absolute Gasteiger partial charge is 0.484 e. The Morgan fingerprint density at radius 1 is 1.34 bits per heavy atom.